The predicted molar refractivity (Wildman–Crippen MR) is 55.1 cm³/mol. The second kappa shape index (κ2) is 10.4. The summed E-state index contributed by atoms with van der Waals surface area (Å²) in [5.74, 6) is -0.0682. The Morgan fingerprint density at radius 1 is 1.50 bits per heavy atom. The quantitative estimate of drug-likeness (QED) is 0.381. The van der Waals surface area contributed by atoms with Crippen LogP contribution in [0.15, 0.2) is 11.0 Å². The van der Waals surface area contributed by atoms with E-state index in [4.69, 9.17) is 10.8 Å². The first kappa shape index (κ1) is 23.0. The summed E-state index contributed by atoms with van der Waals surface area (Å²) in [6, 6.07) is 0. The first-order valence-corrected chi connectivity index (χ1v) is 6.48. The summed E-state index contributed by atoms with van der Waals surface area (Å²) in [4.78, 5) is 35.4. The van der Waals surface area contributed by atoms with Crippen molar-refractivity contribution in [3.63, 3.8) is 0 Å². The number of hydrogen-bond donors (Lipinski definition) is 2. The molecule has 1 heterocycles. The smallest absolute Gasteiger partial charge is 0.809 e. The summed E-state index contributed by atoms with van der Waals surface area (Å²) in [5, 5.41) is 12.5. The zero-order chi connectivity index (χ0) is 13.8. The summed E-state index contributed by atoms with van der Waals surface area (Å²) in [6.45, 7) is -0.832. The van der Waals surface area contributed by atoms with Crippen molar-refractivity contribution in [1.82, 2.24) is 14.8 Å². The monoisotopic (exact) mass is 324 g/mol. The molecule has 1 atom stereocenters. The van der Waals surface area contributed by atoms with Crippen molar-refractivity contribution < 1.29 is 83.3 Å². The summed E-state index contributed by atoms with van der Waals surface area (Å²) < 4.78 is 15.8. The molecular weight excluding hydrogens is 313 g/mol. The molecule has 0 aliphatic heterocycles. The van der Waals surface area contributed by atoms with E-state index in [2.05, 4.69) is 14.8 Å². The molecule has 13 heteroatoms. The van der Waals surface area contributed by atoms with Gasteiger partial charge in [-0.25, -0.2) is 9.48 Å². The molecule has 10 nitrogen and oxygen atoms in total. The van der Waals surface area contributed by atoms with Crippen LogP contribution in [0.2, 0.25) is 0 Å². The predicted octanol–water partition coefficient (Wildman–Crippen LogP) is -9.52. The van der Waals surface area contributed by atoms with Gasteiger partial charge in [0.1, 0.15) is 11.9 Å². The Balaban J connectivity index is 0. The van der Waals surface area contributed by atoms with Crippen molar-refractivity contribution in [3.05, 3.63) is 16.7 Å². The number of ether oxygens (including phenoxy) is 1. The van der Waals surface area contributed by atoms with Gasteiger partial charge in [-0.2, -0.15) is 10.1 Å². The summed E-state index contributed by atoms with van der Waals surface area (Å²) in [7, 11) is -4.83. The van der Waals surface area contributed by atoms with Crippen LogP contribution in [-0.2, 0) is 15.8 Å². The van der Waals surface area contributed by atoms with Gasteiger partial charge in [-0.05, 0) is 7.60 Å². The zero-order valence-corrected chi connectivity index (χ0v) is 16.0. The summed E-state index contributed by atoms with van der Waals surface area (Å²) in [5.41, 5.74) is 4.45. The van der Waals surface area contributed by atoms with Gasteiger partial charge >= 0.3 is 64.8 Å². The van der Waals surface area contributed by atoms with Crippen LogP contribution in [0.1, 0.15) is 0 Å². The van der Waals surface area contributed by atoms with Crippen LogP contribution in [0.25, 0.3) is 0 Å². The van der Waals surface area contributed by atoms with Crippen LogP contribution >= 0.6 is 7.60 Å². The molecule has 0 unspecified atom stereocenters. The molecule has 102 valence electrons. The maximum Gasteiger partial charge on any atom is 1.00 e. The van der Waals surface area contributed by atoms with Crippen LogP contribution in [0, 0.1) is 0 Å². The van der Waals surface area contributed by atoms with Gasteiger partial charge < -0.3 is 29.9 Å². The third kappa shape index (κ3) is 8.85. The number of nitrogens with two attached hydrogens (primary N) is 1. The van der Waals surface area contributed by atoms with E-state index >= 15 is 0 Å². The van der Waals surface area contributed by atoms with Gasteiger partial charge in [0.05, 0.1) is 25.7 Å². The van der Waals surface area contributed by atoms with E-state index in [0.717, 1.165) is 10.9 Å². The van der Waals surface area contributed by atoms with Gasteiger partial charge in [-0.3, -0.25) is 0 Å². The Labute approximate surface area is 158 Å². The van der Waals surface area contributed by atoms with Gasteiger partial charge in [0.2, 0.25) is 0 Å². The Morgan fingerprint density at radius 3 is 2.55 bits per heavy atom. The van der Waals surface area contributed by atoms with Crippen LogP contribution in [0.4, 0.5) is 5.82 Å². The van der Waals surface area contributed by atoms with Crippen molar-refractivity contribution >= 4 is 13.4 Å². The van der Waals surface area contributed by atoms with E-state index < -0.39 is 32.3 Å². The Hall–Kier alpha value is 0.680. The fourth-order valence-corrected chi connectivity index (χ4v) is 1.45. The molecule has 1 aromatic heterocycles. The van der Waals surface area contributed by atoms with Gasteiger partial charge in [0, 0.05) is 0 Å². The second-order valence-electron chi connectivity index (χ2n) is 3.36. The van der Waals surface area contributed by atoms with Gasteiger partial charge in [-0.15, -0.1) is 0 Å². The minimum atomic E-state index is -4.83. The minimum Gasteiger partial charge on any atom is -0.809 e. The van der Waals surface area contributed by atoms with Crippen LogP contribution in [-0.4, -0.2) is 38.9 Å². The molecule has 0 amide bonds. The molecular formula is C7H11N4Na2O6P. The fraction of sp³-hybridized carbons (Fsp3) is 0.571. The van der Waals surface area contributed by atoms with Crippen molar-refractivity contribution in [2.24, 2.45) is 0 Å². The van der Waals surface area contributed by atoms with Crippen molar-refractivity contribution in [3.8, 4) is 0 Å². The van der Waals surface area contributed by atoms with Gasteiger partial charge in [0.15, 0.2) is 0 Å². The van der Waals surface area contributed by atoms with Gasteiger partial charge in [-0.1, -0.05) is 0 Å². The van der Waals surface area contributed by atoms with E-state index in [1.165, 1.54) is 0 Å². The number of aliphatic hydroxyl groups is 1. The number of nitrogens with zero attached hydrogens (tertiary/aromatic N) is 3. The maximum atomic E-state index is 11.3. The largest absolute Gasteiger partial charge is 1.00 e. The number of aliphatic hydroxyl groups excluding tert-OH is 1. The van der Waals surface area contributed by atoms with Crippen molar-refractivity contribution in [2.45, 2.75) is 12.6 Å². The molecule has 0 saturated heterocycles. The zero-order valence-electron chi connectivity index (χ0n) is 11.1. The molecule has 0 aliphatic rings. The molecule has 20 heavy (non-hydrogen) atoms. The molecule has 0 bridgehead atoms. The second-order valence-corrected chi connectivity index (χ2v) is 4.84. The van der Waals surface area contributed by atoms with Crippen LogP contribution in [0.3, 0.4) is 0 Å². The fourth-order valence-electron chi connectivity index (χ4n) is 1.05. The van der Waals surface area contributed by atoms with E-state index in [1.807, 2.05) is 0 Å². The molecule has 0 spiro atoms. The molecule has 1 aromatic rings. The molecule has 0 aliphatic carbocycles. The van der Waals surface area contributed by atoms with E-state index in [0.29, 0.717) is 0 Å². The minimum absolute atomic E-state index is 0. The number of aromatic nitrogens is 3. The van der Waals surface area contributed by atoms with Crippen LogP contribution < -0.4 is 80.3 Å². The third-order valence-corrected chi connectivity index (χ3v) is 2.29. The van der Waals surface area contributed by atoms with Crippen LogP contribution in [0.5, 0.6) is 0 Å². The average molecular weight is 324 g/mol. The number of nitrogen functional groups attached to an aromatic ring is 1. The Kier molecular flexibility index (Phi) is 12.0. The molecule has 3 N–H and O–H groups in total. The van der Waals surface area contributed by atoms with Crippen molar-refractivity contribution in [1.29, 1.82) is 0 Å². The Bertz CT molecular complexity index is 508. The summed E-state index contributed by atoms with van der Waals surface area (Å²) >= 11 is 0. The topological polar surface area (TPSA) is 166 Å². The Morgan fingerprint density at radius 2 is 2.10 bits per heavy atom. The van der Waals surface area contributed by atoms with Crippen molar-refractivity contribution in [2.75, 3.05) is 18.7 Å². The normalized spacial score (nSPS) is 12.2. The molecule has 0 radical (unpaired) electrons. The SMILES string of the molecule is Nc1cnn(C[C@@H](CO)OCP(=O)([O-])[O-])c(=O)n1.[Na+].[Na+]. The van der Waals surface area contributed by atoms with E-state index in [9.17, 15) is 19.1 Å². The van der Waals surface area contributed by atoms with E-state index in [-0.39, 0.29) is 71.5 Å². The first-order chi connectivity index (χ1) is 8.31. The summed E-state index contributed by atoms with van der Waals surface area (Å²) in [6.07, 6.45) is -1.02. The number of anilines is 1. The number of rotatable bonds is 6. The third-order valence-electron chi connectivity index (χ3n) is 1.82. The molecule has 0 aromatic carbocycles. The standard InChI is InChI=1S/C7H13N4O6P.2Na/c8-6-1-9-11(7(13)10-6)2-5(3-12)17-4-18(14,15)16;;/h1,5,12H,2-4H2,(H2,8,10,13)(H2,14,15,16);;/q;2*+1/p-2/t5-;;/m0../s1. The molecule has 0 fully saturated rings. The maximum absolute atomic E-state index is 11.3. The average Bonchev–Trinajstić information content (AvgIpc) is 2.25. The van der Waals surface area contributed by atoms with E-state index in [1.54, 1.807) is 0 Å². The number of hydrogen-bond acceptors (Lipinski definition) is 9. The molecule has 1 rings (SSSR count). The molecule has 0 saturated carbocycles. The van der Waals surface area contributed by atoms with Gasteiger partial charge in [0.25, 0.3) is 0 Å². The first-order valence-electron chi connectivity index (χ1n) is 4.75.